The van der Waals surface area contributed by atoms with Gasteiger partial charge >= 0.3 is 6.18 Å². The number of benzene rings is 1. The second-order valence-corrected chi connectivity index (χ2v) is 3.78. The molecular formula is C12H12F3N. The Balaban J connectivity index is 2.40. The van der Waals surface area contributed by atoms with Crippen molar-refractivity contribution in [1.82, 2.24) is 5.32 Å². The first-order valence-electron chi connectivity index (χ1n) is 5.12. The fraction of sp³-hybridized carbons (Fsp3) is 0.333. The van der Waals surface area contributed by atoms with Crippen molar-refractivity contribution in [2.24, 2.45) is 0 Å². The summed E-state index contributed by atoms with van der Waals surface area (Å²) in [7, 11) is 0. The summed E-state index contributed by atoms with van der Waals surface area (Å²) in [6.45, 7) is 1.29. The highest BCUT2D eigenvalue weighted by atomic mass is 19.4. The second-order valence-electron chi connectivity index (χ2n) is 3.78. The van der Waals surface area contributed by atoms with E-state index in [-0.39, 0.29) is 5.92 Å². The molecule has 1 heterocycles. The number of hydrogen-bond acceptors (Lipinski definition) is 1. The zero-order valence-electron chi connectivity index (χ0n) is 8.59. The summed E-state index contributed by atoms with van der Waals surface area (Å²) in [5.74, 6) is -0.188. The fourth-order valence-corrected chi connectivity index (χ4v) is 1.91. The zero-order chi connectivity index (χ0) is 11.6. The summed E-state index contributed by atoms with van der Waals surface area (Å²) in [5.41, 5.74) is -0.188. The van der Waals surface area contributed by atoms with Gasteiger partial charge in [-0.25, -0.2) is 0 Å². The van der Waals surface area contributed by atoms with E-state index in [0.717, 1.165) is 12.6 Å². The van der Waals surface area contributed by atoms with E-state index in [4.69, 9.17) is 0 Å². The highest BCUT2D eigenvalue weighted by Crippen LogP contribution is 2.35. The fourth-order valence-electron chi connectivity index (χ4n) is 1.91. The lowest BCUT2D eigenvalue weighted by atomic mass is 9.92. The summed E-state index contributed by atoms with van der Waals surface area (Å²) < 4.78 is 38.3. The molecule has 1 N–H and O–H groups in total. The Bertz CT molecular complexity index is 395. The summed E-state index contributed by atoms with van der Waals surface area (Å²) in [6, 6.07) is 5.75. The molecule has 1 nitrogen and oxygen atoms in total. The molecule has 0 fully saturated rings. The van der Waals surface area contributed by atoms with Gasteiger partial charge in [0, 0.05) is 19.0 Å². The van der Waals surface area contributed by atoms with E-state index in [2.05, 4.69) is 5.32 Å². The summed E-state index contributed by atoms with van der Waals surface area (Å²) >= 11 is 0. The first-order chi connectivity index (χ1) is 7.59. The monoisotopic (exact) mass is 227 g/mol. The minimum absolute atomic E-state index is 0.188. The summed E-state index contributed by atoms with van der Waals surface area (Å²) in [5, 5.41) is 3.06. The van der Waals surface area contributed by atoms with E-state index in [1.807, 2.05) is 12.2 Å². The molecule has 0 bridgehead atoms. The van der Waals surface area contributed by atoms with Crippen molar-refractivity contribution in [3.8, 4) is 0 Å². The topological polar surface area (TPSA) is 12.0 Å². The third-order valence-corrected chi connectivity index (χ3v) is 2.66. The second kappa shape index (κ2) is 4.29. The molecule has 4 heteroatoms. The van der Waals surface area contributed by atoms with Gasteiger partial charge in [0.25, 0.3) is 0 Å². The van der Waals surface area contributed by atoms with Crippen LogP contribution in [-0.4, -0.2) is 13.1 Å². The summed E-state index contributed by atoms with van der Waals surface area (Å²) in [4.78, 5) is 0. The quantitative estimate of drug-likeness (QED) is 0.727. The van der Waals surface area contributed by atoms with Crippen LogP contribution in [0.1, 0.15) is 17.0 Å². The Morgan fingerprint density at radius 1 is 1.19 bits per heavy atom. The summed E-state index contributed by atoms with van der Waals surface area (Å²) in [6.07, 6.45) is -0.579. The van der Waals surface area contributed by atoms with E-state index >= 15 is 0 Å². The SMILES string of the molecule is FC(F)(F)c1ccccc1C1C=CCNC1. The van der Waals surface area contributed by atoms with Crippen LogP contribution in [0.4, 0.5) is 13.2 Å². The van der Waals surface area contributed by atoms with E-state index in [1.165, 1.54) is 6.07 Å². The Hall–Kier alpha value is -1.29. The van der Waals surface area contributed by atoms with Gasteiger partial charge in [-0.15, -0.1) is 0 Å². The molecule has 0 saturated carbocycles. The molecule has 0 saturated heterocycles. The Morgan fingerprint density at radius 3 is 2.56 bits per heavy atom. The van der Waals surface area contributed by atoms with Crippen LogP contribution in [0.3, 0.4) is 0 Å². The number of alkyl halides is 3. The smallest absolute Gasteiger partial charge is 0.312 e. The number of rotatable bonds is 1. The Labute approximate surface area is 92.0 Å². The van der Waals surface area contributed by atoms with Crippen molar-refractivity contribution >= 4 is 0 Å². The van der Waals surface area contributed by atoms with Crippen LogP contribution in [0.5, 0.6) is 0 Å². The lowest BCUT2D eigenvalue weighted by molar-refractivity contribution is -0.138. The van der Waals surface area contributed by atoms with Gasteiger partial charge in [-0.3, -0.25) is 0 Å². The third-order valence-electron chi connectivity index (χ3n) is 2.66. The average molecular weight is 227 g/mol. The first-order valence-corrected chi connectivity index (χ1v) is 5.12. The van der Waals surface area contributed by atoms with Gasteiger partial charge < -0.3 is 5.32 Å². The predicted octanol–water partition coefficient (Wildman–Crippen LogP) is 2.95. The van der Waals surface area contributed by atoms with Crippen molar-refractivity contribution in [3.63, 3.8) is 0 Å². The molecule has 16 heavy (non-hydrogen) atoms. The normalized spacial score (nSPS) is 21.1. The minimum atomic E-state index is -4.28. The first kappa shape index (κ1) is 11.2. The standard InChI is InChI=1S/C12H12F3N/c13-12(14,15)11-6-2-1-5-10(11)9-4-3-7-16-8-9/h1-6,9,16H,7-8H2. The van der Waals surface area contributed by atoms with Crippen molar-refractivity contribution in [3.05, 3.63) is 47.5 Å². The molecule has 86 valence electrons. The maximum atomic E-state index is 12.8. The molecule has 1 aromatic carbocycles. The largest absolute Gasteiger partial charge is 0.416 e. The van der Waals surface area contributed by atoms with Crippen LogP contribution in [0.2, 0.25) is 0 Å². The molecule has 0 amide bonds. The molecule has 0 aliphatic carbocycles. The van der Waals surface area contributed by atoms with E-state index in [0.29, 0.717) is 12.1 Å². The lowest BCUT2D eigenvalue weighted by Gasteiger charge is -2.21. The van der Waals surface area contributed by atoms with Crippen molar-refractivity contribution in [2.45, 2.75) is 12.1 Å². The van der Waals surface area contributed by atoms with Crippen molar-refractivity contribution in [1.29, 1.82) is 0 Å². The van der Waals surface area contributed by atoms with Gasteiger partial charge in [0.2, 0.25) is 0 Å². The Morgan fingerprint density at radius 2 is 1.94 bits per heavy atom. The molecule has 1 aliphatic heterocycles. The minimum Gasteiger partial charge on any atom is -0.312 e. The van der Waals surface area contributed by atoms with Crippen LogP contribution >= 0.6 is 0 Å². The van der Waals surface area contributed by atoms with E-state index in [9.17, 15) is 13.2 Å². The van der Waals surface area contributed by atoms with Gasteiger partial charge in [0.05, 0.1) is 5.56 Å². The van der Waals surface area contributed by atoms with Gasteiger partial charge in [-0.05, 0) is 11.6 Å². The molecule has 0 spiro atoms. The van der Waals surface area contributed by atoms with E-state index < -0.39 is 11.7 Å². The molecule has 1 atom stereocenters. The van der Waals surface area contributed by atoms with Crippen molar-refractivity contribution < 1.29 is 13.2 Å². The highest BCUT2D eigenvalue weighted by molar-refractivity contribution is 5.36. The highest BCUT2D eigenvalue weighted by Gasteiger charge is 2.34. The maximum absolute atomic E-state index is 12.8. The predicted molar refractivity (Wildman–Crippen MR) is 56.2 cm³/mol. The van der Waals surface area contributed by atoms with Gasteiger partial charge in [0.1, 0.15) is 0 Å². The molecule has 1 aliphatic rings. The van der Waals surface area contributed by atoms with Gasteiger partial charge in [0.15, 0.2) is 0 Å². The van der Waals surface area contributed by atoms with Gasteiger partial charge in [-0.1, -0.05) is 30.4 Å². The van der Waals surface area contributed by atoms with Crippen molar-refractivity contribution in [2.75, 3.05) is 13.1 Å². The van der Waals surface area contributed by atoms with Crippen LogP contribution in [0, 0.1) is 0 Å². The molecule has 2 rings (SSSR count). The van der Waals surface area contributed by atoms with Crippen LogP contribution in [0.15, 0.2) is 36.4 Å². The molecule has 1 aromatic rings. The Kier molecular flexibility index (Phi) is 3.01. The molecule has 1 unspecified atom stereocenters. The number of nitrogens with one attached hydrogen (secondary N) is 1. The molecule has 0 aromatic heterocycles. The number of halogens is 3. The van der Waals surface area contributed by atoms with Crippen LogP contribution < -0.4 is 5.32 Å². The maximum Gasteiger partial charge on any atom is 0.416 e. The molecular weight excluding hydrogens is 215 g/mol. The van der Waals surface area contributed by atoms with Crippen LogP contribution in [-0.2, 0) is 6.18 Å². The van der Waals surface area contributed by atoms with Gasteiger partial charge in [-0.2, -0.15) is 13.2 Å². The third kappa shape index (κ3) is 2.27. The number of hydrogen-bond donors (Lipinski definition) is 1. The van der Waals surface area contributed by atoms with E-state index in [1.54, 1.807) is 12.1 Å². The zero-order valence-corrected chi connectivity index (χ0v) is 8.59. The molecule has 0 radical (unpaired) electrons. The van der Waals surface area contributed by atoms with Crippen LogP contribution in [0.25, 0.3) is 0 Å². The lowest BCUT2D eigenvalue weighted by Crippen LogP contribution is -2.26. The average Bonchev–Trinajstić information content (AvgIpc) is 2.29.